The second-order valence-corrected chi connectivity index (χ2v) is 7.03. The Morgan fingerprint density at radius 3 is 2.32 bits per heavy atom. The van der Waals surface area contributed by atoms with E-state index in [1.165, 1.54) is 0 Å². The van der Waals surface area contributed by atoms with E-state index in [1.54, 1.807) is 24.3 Å². The molecule has 0 amide bonds. The third-order valence-electron chi connectivity index (χ3n) is 4.62. The van der Waals surface area contributed by atoms with E-state index < -0.39 is 0 Å². The minimum Gasteiger partial charge on any atom is -0.482 e. The van der Waals surface area contributed by atoms with E-state index in [0.29, 0.717) is 17.9 Å². The lowest BCUT2D eigenvalue weighted by Crippen LogP contribution is -2.15. The van der Waals surface area contributed by atoms with Gasteiger partial charge in [-0.05, 0) is 47.4 Å². The molecule has 0 saturated carbocycles. The normalized spacial score (nSPS) is 10.4. The van der Waals surface area contributed by atoms with Crippen LogP contribution in [-0.4, -0.2) is 25.2 Å². The third-order valence-corrected chi connectivity index (χ3v) is 4.62. The fourth-order valence-electron chi connectivity index (χ4n) is 2.89. The largest absolute Gasteiger partial charge is 0.482 e. The van der Waals surface area contributed by atoms with Gasteiger partial charge in [0.05, 0.1) is 12.2 Å². The molecule has 0 atom stereocenters. The molecule has 0 saturated heterocycles. The first-order valence-corrected chi connectivity index (χ1v) is 10.4. The van der Waals surface area contributed by atoms with Gasteiger partial charge in [-0.1, -0.05) is 67.9 Å². The van der Waals surface area contributed by atoms with E-state index >= 15 is 0 Å². The van der Waals surface area contributed by atoms with E-state index in [9.17, 15) is 9.59 Å². The average molecular weight is 418 g/mol. The molecule has 0 bridgehead atoms. The fraction of sp³-hybridized carbons (Fsp3) is 0.231. The molecule has 0 aliphatic rings. The highest BCUT2D eigenvalue weighted by atomic mass is 16.6. The Bertz CT molecular complexity index is 980. The van der Waals surface area contributed by atoms with Crippen LogP contribution in [0.1, 0.15) is 35.7 Å². The molecule has 160 valence electrons. The summed E-state index contributed by atoms with van der Waals surface area (Å²) >= 11 is 0. The predicted molar refractivity (Wildman–Crippen MR) is 119 cm³/mol. The van der Waals surface area contributed by atoms with E-state index in [1.807, 2.05) is 61.5 Å². The highest BCUT2D eigenvalue weighted by Gasteiger charge is 2.10. The lowest BCUT2D eigenvalue weighted by Gasteiger charge is -2.09. The van der Waals surface area contributed by atoms with E-state index in [4.69, 9.17) is 14.2 Å². The van der Waals surface area contributed by atoms with E-state index in [0.717, 1.165) is 29.5 Å². The summed E-state index contributed by atoms with van der Waals surface area (Å²) < 4.78 is 16.0. The van der Waals surface area contributed by atoms with Crippen molar-refractivity contribution in [2.75, 3.05) is 13.2 Å². The molecule has 3 aromatic rings. The summed E-state index contributed by atoms with van der Waals surface area (Å²) in [6.45, 7) is 2.57. The molecule has 3 rings (SSSR count). The highest BCUT2D eigenvalue weighted by Crippen LogP contribution is 2.24. The van der Waals surface area contributed by atoms with Crippen molar-refractivity contribution in [1.82, 2.24) is 0 Å². The van der Waals surface area contributed by atoms with Crippen molar-refractivity contribution >= 4 is 11.9 Å². The maximum absolute atomic E-state index is 12.4. The zero-order valence-electron chi connectivity index (χ0n) is 17.6. The first kappa shape index (κ1) is 22.1. The molecule has 5 nitrogen and oxygen atoms in total. The molecule has 0 fully saturated rings. The Balaban J connectivity index is 1.56. The summed E-state index contributed by atoms with van der Waals surface area (Å²) in [5.41, 5.74) is 3.25. The summed E-state index contributed by atoms with van der Waals surface area (Å²) in [5, 5.41) is 0. The Morgan fingerprint density at radius 2 is 1.58 bits per heavy atom. The van der Waals surface area contributed by atoms with Crippen LogP contribution >= 0.6 is 0 Å². The van der Waals surface area contributed by atoms with Crippen LogP contribution in [0.5, 0.6) is 5.75 Å². The molecule has 0 heterocycles. The van der Waals surface area contributed by atoms with Crippen molar-refractivity contribution < 1.29 is 23.8 Å². The van der Waals surface area contributed by atoms with Gasteiger partial charge in [-0.3, -0.25) is 0 Å². The number of carbonyl (C=O) groups is 2. The smallest absolute Gasteiger partial charge is 0.344 e. The van der Waals surface area contributed by atoms with Gasteiger partial charge in [-0.15, -0.1) is 0 Å². The molecule has 31 heavy (non-hydrogen) atoms. The SMILES string of the molecule is CCCCOC(=O)COc1ccc(-c2cccc(C(=O)OCc3ccccc3)c2)cc1. The van der Waals surface area contributed by atoms with Crippen LogP contribution in [0.3, 0.4) is 0 Å². The molecule has 0 aliphatic heterocycles. The molecule has 0 aromatic heterocycles. The minimum atomic E-state index is -0.376. The minimum absolute atomic E-state index is 0.119. The van der Waals surface area contributed by atoms with Gasteiger partial charge in [0.25, 0.3) is 0 Å². The molecular weight excluding hydrogens is 392 g/mol. The van der Waals surface area contributed by atoms with Crippen molar-refractivity contribution in [2.45, 2.75) is 26.4 Å². The molecular formula is C26H26O5. The maximum atomic E-state index is 12.4. The molecule has 0 unspecified atom stereocenters. The number of carbonyl (C=O) groups excluding carboxylic acids is 2. The number of esters is 2. The number of benzene rings is 3. The van der Waals surface area contributed by atoms with Crippen LogP contribution in [0.4, 0.5) is 0 Å². The van der Waals surface area contributed by atoms with Gasteiger partial charge in [0.1, 0.15) is 12.4 Å². The number of rotatable bonds is 10. The van der Waals surface area contributed by atoms with Crippen molar-refractivity contribution in [3.8, 4) is 16.9 Å². The Hall–Kier alpha value is -3.60. The molecule has 0 N–H and O–H groups in total. The standard InChI is InChI=1S/C26H26O5/c1-2-3-16-29-25(27)19-30-24-14-12-21(13-15-24)22-10-7-11-23(17-22)26(28)31-18-20-8-5-4-6-9-20/h4-15,17H,2-3,16,18-19H2,1H3. The Labute approximate surface area is 182 Å². The van der Waals surface area contributed by atoms with Crippen molar-refractivity contribution in [3.63, 3.8) is 0 Å². The van der Waals surface area contributed by atoms with E-state index in [-0.39, 0.29) is 25.2 Å². The van der Waals surface area contributed by atoms with Gasteiger partial charge in [0.2, 0.25) is 0 Å². The summed E-state index contributed by atoms with van der Waals surface area (Å²) in [5.74, 6) is -0.166. The van der Waals surface area contributed by atoms with Crippen LogP contribution in [-0.2, 0) is 20.9 Å². The fourth-order valence-corrected chi connectivity index (χ4v) is 2.89. The third kappa shape index (κ3) is 7.00. The number of unbranched alkanes of at least 4 members (excludes halogenated alkanes) is 1. The second-order valence-electron chi connectivity index (χ2n) is 7.03. The Kier molecular flexibility index (Phi) is 8.23. The van der Waals surface area contributed by atoms with Gasteiger partial charge < -0.3 is 14.2 Å². The molecule has 0 spiro atoms. The first-order chi connectivity index (χ1) is 15.2. The summed E-state index contributed by atoms with van der Waals surface area (Å²) in [6.07, 6.45) is 1.82. The quantitative estimate of drug-likeness (QED) is 0.324. The lowest BCUT2D eigenvalue weighted by atomic mass is 10.0. The van der Waals surface area contributed by atoms with Crippen LogP contribution in [0.25, 0.3) is 11.1 Å². The summed E-state index contributed by atoms with van der Waals surface area (Å²) in [6, 6.07) is 24.2. The van der Waals surface area contributed by atoms with Crippen LogP contribution in [0.15, 0.2) is 78.9 Å². The van der Waals surface area contributed by atoms with E-state index in [2.05, 4.69) is 0 Å². The molecule has 3 aromatic carbocycles. The van der Waals surface area contributed by atoms with Crippen molar-refractivity contribution in [2.24, 2.45) is 0 Å². The maximum Gasteiger partial charge on any atom is 0.344 e. The van der Waals surface area contributed by atoms with Crippen molar-refractivity contribution in [1.29, 1.82) is 0 Å². The molecule has 5 heteroatoms. The average Bonchev–Trinajstić information content (AvgIpc) is 2.82. The zero-order valence-corrected chi connectivity index (χ0v) is 17.6. The zero-order chi connectivity index (χ0) is 21.9. The van der Waals surface area contributed by atoms with Crippen LogP contribution in [0.2, 0.25) is 0 Å². The Morgan fingerprint density at radius 1 is 0.806 bits per heavy atom. The van der Waals surface area contributed by atoms with Crippen LogP contribution in [0, 0.1) is 0 Å². The van der Waals surface area contributed by atoms with Gasteiger partial charge in [-0.2, -0.15) is 0 Å². The van der Waals surface area contributed by atoms with Gasteiger partial charge in [0, 0.05) is 0 Å². The number of hydrogen-bond donors (Lipinski definition) is 0. The highest BCUT2D eigenvalue weighted by molar-refractivity contribution is 5.91. The number of ether oxygens (including phenoxy) is 3. The second kappa shape index (κ2) is 11.6. The van der Waals surface area contributed by atoms with Gasteiger partial charge in [0.15, 0.2) is 6.61 Å². The molecule has 0 radical (unpaired) electrons. The number of hydrogen-bond acceptors (Lipinski definition) is 5. The van der Waals surface area contributed by atoms with Crippen LogP contribution < -0.4 is 4.74 Å². The predicted octanol–water partition coefficient (Wildman–Crippen LogP) is 5.43. The van der Waals surface area contributed by atoms with Crippen molar-refractivity contribution in [3.05, 3.63) is 90.0 Å². The lowest BCUT2D eigenvalue weighted by molar-refractivity contribution is -0.146. The van der Waals surface area contributed by atoms with Gasteiger partial charge >= 0.3 is 11.9 Å². The monoisotopic (exact) mass is 418 g/mol. The molecule has 0 aliphatic carbocycles. The van der Waals surface area contributed by atoms with Gasteiger partial charge in [-0.25, -0.2) is 9.59 Å². The summed E-state index contributed by atoms with van der Waals surface area (Å²) in [4.78, 5) is 24.0. The first-order valence-electron chi connectivity index (χ1n) is 10.4. The topological polar surface area (TPSA) is 61.8 Å². The summed E-state index contributed by atoms with van der Waals surface area (Å²) in [7, 11) is 0.